The van der Waals surface area contributed by atoms with Crippen LogP contribution in [0.1, 0.15) is 29.3 Å². The van der Waals surface area contributed by atoms with E-state index in [0.29, 0.717) is 27.8 Å². The number of carbonyl (C=O) groups excluding carboxylic acids is 1. The summed E-state index contributed by atoms with van der Waals surface area (Å²) in [5.41, 5.74) is 1.22. The summed E-state index contributed by atoms with van der Waals surface area (Å²) in [6, 6.07) is 8.93. The molecule has 0 heterocycles. The van der Waals surface area contributed by atoms with Gasteiger partial charge in [0.25, 0.3) is 5.91 Å². The van der Waals surface area contributed by atoms with Crippen LogP contribution in [-0.2, 0) is 10.0 Å². The molecule has 0 saturated heterocycles. The number of halogens is 2. The number of amides is 1. The molecule has 2 aromatic carbocycles. The van der Waals surface area contributed by atoms with E-state index < -0.39 is 21.7 Å². The Kier molecular flexibility index (Phi) is 6.18. The van der Waals surface area contributed by atoms with E-state index in [2.05, 4.69) is 26.0 Å². The zero-order valence-corrected chi connectivity index (χ0v) is 16.2. The zero-order valence-electron chi connectivity index (χ0n) is 13.8. The van der Waals surface area contributed by atoms with E-state index in [1.807, 2.05) is 0 Å². The molecular formula is C17H18BrFN2O3S. The van der Waals surface area contributed by atoms with Crippen molar-refractivity contribution < 1.29 is 17.6 Å². The van der Waals surface area contributed by atoms with Crippen LogP contribution in [-0.4, -0.2) is 20.1 Å². The summed E-state index contributed by atoms with van der Waals surface area (Å²) in [4.78, 5) is 12.3. The molecule has 5 nitrogen and oxygen atoms in total. The van der Waals surface area contributed by atoms with Gasteiger partial charge in [0.05, 0.1) is 17.0 Å². The van der Waals surface area contributed by atoms with Gasteiger partial charge in [0.15, 0.2) is 0 Å². The maximum atomic E-state index is 13.8. The molecule has 134 valence electrons. The molecular weight excluding hydrogens is 411 g/mol. The molecule has 0 aromatic heterocycles. The molecule has 0 bridgehead atoms. The van der Waals surface area contributed by atoms with Gasteiger partial charge in [-0.1, -0.05) is 28.9 Å². The van der Waals surface area contributed by atoms with E-state index in [1.54, 1.807) is 32.0 Å². The second kappa shape index (κ2) is 7.97. The fraction of sp³-hybridized carbons (Fsp3) is 0.235. The lowest BCUT2D eigenvalue weighted by molar-refractivity contribution is 0.102. The second-order valence-electron chi connectivity index (χ2n) is 5.48. The Morgan fingerprint density at radius 1 is 1.20 bits per heavy atom. The molecule has 0 aliphatic carbocycles. The Balaban J connectivity index is 2.27. The highest BCUT2D eigenvalue weighted by molar-refractivity contribution is 9.10. The lowest BCUT2D eigenvalue weighted by Crippen LogP contribution is -2.18. The average molecular weight is 429 g/mol. The Hall–Kier alpha value is -1.93. The average Bonchev–Trinajstić information content (AvgIpc) is 2.53. The Morgan fingerprint density at radius 2 is 1.88 bits per heavy atom. The van der Waals surface area contributed by atoms with Crippen LogP contribution in [0.15, 0.2) is 40.9 Å². The van der Waals surface area contributed by atoms with Crippen LogP contribution in [0, 0.1) is 12.7 Å². The number of anilines is 2. The summed E-state index contributed by atoms with van der Waals surface area (Å²) >= 11 is 3.20. The maximum Gasteiger partial charge on any atom is 0.258 e. The molecule has 2 N–H and O–H groups in total. The summed E-state index contributed by atoms with van der Waals surface area (Å²) in [6.45, 7) is 3.45. The predicted molar refractivity (Wildman–Crippen MR) is 101 cm³/mol. The van der Waals surface area contributed by atoms with Gasteiger partial charge >= 0.3 is 0 Å². The minimum Gasteiger partial charge on any atom is -0.322 e. The van der Waals surface area contributed by atoms with Gasteiger partial charge in [-0.05, 0) is 49.2 Å². The van der Waals surface area contributed by atoms with Crippen LogP contribution in [0.25, 0.3) is 0 Å². The van der Waals surface area contributed by atoms with Crippen LogP contribution in [0.5, 0.6) is 0 Å². The van der Waals surface area contributed by atoms with Gasteiger partial charge in [0.1, 0.15) is 5.82 Å². The van der Waals surface area contributed by atoms with Crippen molar-refractivity contribution in [3.05, 3.63) is 57.8 Å². The van der Waals surface area contributed by atoms with E-state index in [9.17, 15) is 17.6 Å². The van der Waals surface area contributed by atoms with Gasteiger partial charge in [0, 0.05) is 10.2 Å². The second-order valence-corrected chi connectivity index (χ2v) is 8.23. The summed E-state index contributed by atoms with van der Waals surface area (Å²) in [5, 5.41) is 2.62. The third-order valence-electron chi connectivity index (χ3n) is 3.49. The molecule has 25 heavy (non-hydrogen) atoms. The minimum atomic E-state index is -3.45. The SMILES string of the molecule is CCCS(=O)(=O)Nc1cccc(NC(=O)c2cc(Br)ccc2F)c1C. The van der Waals surface area contributed by atoms with Crippen LogP contribution in [0.3, 0.4) is 0 Å². The van der Waals surface area contributed by atoms with Gasteiger partial charge in [-0.25, -0.2) is 12.8 Å². The first-order valence-corrected chi connectivity index (χ1v) is 10.0. The lowest BCUT2D eigenvalue weighted by atomic mass is 10.1. The minimum absolute atomic E-state index is 0.00623. The van der Waals surface area contributed by atoms with Crippen LogP contribution in [0.2, 0.25) is 0 Å². The fourth-order valence-corrected chi connectivity index (χ4v) is 3.79. The number of hydrogen-bond donors (Lipinski definition) is 2. The summed E-state index contributed by atoms with van der Waals surface area (Å²) in [6.07, 6.45) is 0.493. The normalized spacial score (nSPS) is 11.2. The first-order valence-electron chi connectivity index (χ1n) is 7.60. The Morgan fingerprint density at radius 3 is 2.56 bits per heavy atom. The molecule has 0 spiro atoms. The highest BCUT2D eigenvalue weighted by Gasteiger charge is 2.16. The summed E-state index contributed by atoms with van der Waals surface area (Å²) < 4.78 is 40.8. The molecule has 0 aliphatic heterocycles. The number of benzene rings is 2. The quantitative estimate of drug-likeness (QED) is 0.719. The summed E-state index contributed by atoms with van der Waals surface area (Å²) in [7, 11) is -3.45. The monoisotopic (exact) mass is 428 g/mol. The number of nitrogens with one attached hydrogen (secondary N) is 2. The van der Waals surface area contributed by atoms with E-state index in [4.69, 9.17) is 0 Å². The first kappa shape index (κ1) is 19.4. The van der Waals surface area contributed by atoms with Crippen molar-refractivity contribution in [2.24, 2.45) is 0 Å². The van der Waals surface area contributed by atoms with Gasteiger partial charge in [0.2, 0.25) is 10.0 Å². The number of rotatable bonds is 6. The Bertz CT molecular complexity index is 901. The molecule has 2 rings (SSSR count). The van der Waals surface area contributed by atoms with Crippen LogP contribution >= 0.6 is 15.9 Å². The van der Waals surface area contributed by atoms with Gasteiger partial charge in [-0.15, -0.1) is 0 Å². The van der Waals surface area contributed by atoms with Crippen molar-refractivity contribution in [1.29, 1.82) is 0 Å². The molecule has 0 radical (unpaired) electrons. The van der Waals surface area contributed by atoms with Crippen molar-refractivity contribution in [1.82, 2.24) is 0 Å². The molecule has 0 unspecified atom stereocenters. The maximum absolute atomic E-state index is 13.8. The molecule has 0 aliphatic rings. The van der Waals surface area contributed by atoms with Crippen LogP contribution in [0.4, 0.5) is 15.8 Å². The smallest absolute Gasteiger partial charge is 0.258 e. The number of hydrogen-bond acceptors (Lipinski definition) is 3. The number of sulfonamides is 1. The van der Waals surface area contributed by atoms with Crippen molar-refractivity contribution in [2.75, 3.05) is 15.8 Å². The van der Waals surface area contributed by atoms with Crippen molar-refractivity contribution >= 4 is 43.2 Å². The van der Waals surface area contributed by atoms with E-state index in [-0.39, 0.29) is 11.3 Å². The largest absolute Gasteiger partial charge is 0.322 e. The topological polar surface area (TPSA) is 75.3 Å². The van der Waals surface area contributed by atoms with Crippen molar-refractivity contribution in [2.45, 2.75) is 20.3 Å². The van der Waals surface area contributed by atoms with E-state index in [1.165, 1.54) is 18.2 Å². The molecule has 0 fully saturated rings. The highest BCUT2D eigenvalue weighted by atomic mass is 79.9. The van der Waals surface area contributed by atoms with Gasteiger partial charge < -0.3 is 5.32 Å². The summed E-state index contributed by atoms with van der Waals surface area (Å²) in [5.74, 6) is -1.25. The number of carbonyl (C=O) groups is 1. The third-order valence-corrected chi connectivity index (χ3v) is 5.46. The third kappa shape index (κ3) is 5.02. The fourth-order valence-electron chi connectivity index (χ4n) is 2.23. The standard InChI is InChI=1S/C17H18BrFN2O3S/c1-3-9-25(23,24)21-16-6-4-5-15(11(16)2)20-17(22)13-10-12(18)7-8-14(13)19/h4-8,10,21H,3,9H2,1-2H3,(H,20,22). The van der Waals surface area contributed by atoms with Crippen LogP contribution < -0.4 is 10.0 Å². The van der Waals surface area contributed by atoms with Gasteiger partial charge in [-0.2, -0.15) is 0 Å². The molecule has 1 amide bonds. The predicted octanol–water partition coefficient (Wildman–Crippen LogP) is 4.30. The molecule has 2 aromatic rings. The Labute approximate surface area is 154 Å². The molecule has 0 saturated carbocycles. The zero-order chi connectivity index (χ0) is 18.6. The van der Waals surface area contributed by atoms with Crippen molar-refractivity contribution in [3.63, 3.8) is 0 Å². The van der Waals surface area contributed by atoms with Crippen molar-refractivity contribution in [3.8, 4) is 0 Å². The van der Waals surface area contributed by atoms with E-state index >= 15 is 0 Å². The van der Waals surface area contributed by atoms with E-state index in [0.717, 1.165) is 0 Å². The molecule has 8 heteroatoms. The first-order chi connectivity index (χ1) is 11.7. The highest BCUT2D eigenvalue weighted by Crippen LogP contribution is 2.25. The van der Waals surface area contributed by atoms with Gasteiger partial charge in [-0.3, -0.25) is 9.52 Å². The molecule has 0 atom stereocenters. The lowest BCUT2D eigenvalue weighted by Gasteiger charge is -2.14.